The standard InChI is InChI=1S/C11H15N3O2S/c1-2-16-10(15)9-7-12-11(13-8-9)14-3-5-17-6-4-14/h7-8H,2-6H2,1H3. The van der Waals surface area contributed by atoms with E-state index in [0.29, 0.717) is 18.1 Å². The van der Waals surface area contributed by atoms with E-state index in [0.717, 1.165) is 24.6 Å². The minimum Gasteiger partial charge on any atom is -0.462 e. The van der Waals surface area contributed by atoms with Gasteiger partial charge < -0.3 is 9.64 Å². The maximum Gasteiger partial charge on any atom is 0.341 e. The molecule has 17 heavy (non-hydrogen) atoms. The van der Waals surface area contributed by atoms with Crippen LogP contribution in [0.15, 0.2) is 12.4 Å². The van der Waals surface area contributed by atoms with E-state index in [9.17, 15) is 4.79 Å². The maximum absolute atomic E-state index is 11.4. The Morgan fingerprint density at radius 1 is 1.41 bits per heavy atom. The van der Waals surface area contributed by atoms with Crippen molar-refractivity contribution in [3.63, 3.8) is 0 Å². The number of carbonyl (C=O) groups is 1. The van der Waals surface area contributed by atoms with E-state index < -0.39 is 0 Å². The third-order valence-electron chi connectivity index (χ3n) is 2.44. The zero-order valence-corrected chi connectivity index (χ0v) is 10.6. The first-order valence-electron chi connectivity index (χ1n) is 5.63. The summed E-state index contributed by atoms with van der Waals surface area (Å²) in [7, 11) is 0. The van der Waals surface area contributed by atoms with Gasteiger partial charge in [-0.2, -0.15) is 11.8 Å². The number of hydrogen-bond donors (Lipinski definition) is 0. The van der Waals surface area contributed by atoms with Crippen molar-refractivity contribution in [3.8, 4) is 0 Å². The van der Waals surface area contributed by atoms with Crippen LogP contribution in [-0.4, -0.2) is 47.1 Å². The summed E-state index contributed by atoms with van der Waals surface area (Å²) >= 11 is 1.94. The fourth-order valence-corrected chi connectivity index (χ4v) is 2.47. The summed E-state index contributed by atoms with van der Waals surface area (Å²) in [5, 5.41) is 0. The lowest BCUT2D eigenvalue weighted by Crippen LogP contribution is -2.33. The van der Waals surface area contributed by atoms with Gasteiger partial charge in [-0.15, -0.1) is 0 Å². The summed E-state index contributed by atoms with van der Waals surface area (Å²) in [6.07, 6.45) is 3.06. The molecular weight excluding hydrogens is 238 g/mol. The summed E-state index contributed by atoms with van der Waals surface area (Å²) < 4.78 is 4.88. The number of hydrogen-bond acceptors (Lipinski definition) is 6. The number of esters is 1. The van der Waals surface area contributed by atoms with E-state index in [4.69, 9.17) is 4.74 Å². The highest BCUT2D eigenvalue weighted by Crippen LogP contribution is 2.14. The van der Waals surface area contributed by atoms with Crippen molar-refractivity contribution in [1.82, 2.24) is 9.97 Å². The van der Waals surface area contributed by atoms with Crippen LogP contribution in [0.25, 0.3) is 0 Å². The summed E-state index contributed by atoms with van der Waals surface area (Å²) in [5.41, 5.74) is 0.405. The number of nitrogens with zero attached hydrogens (tertiary/aromatic N) is 3. The molecule has 0 radical (unpaired) electrons. The van der Waals surface area contributed by atoms with Crippen LogP contribution in [0.4, 0.5) is 5.95 Å². The summed E-state index contributed by atoms with van der Waals surface area (Å²) in [5.74, 6) is 2.53. The molecule has 0 N–H and O–H groups in total. The Balaban J connectivity index is 2.04. The fourth-order valence-electron chi connectivity index (χ4n) is 1.57. The van der Waals surface area contributed by atoms with Gasteiger partial charge in [-0.3, -0.25) is 0 Å². The van der Waals surface area contributed by atoms with E-state index in [1.807, 2.05) is 11.8 Å². The molecule has 0 saturated carbocycles. The highest BCUT2D eigenvalue weighted by atomic mass is 32.2. The van der Waals surface area contributed by atoms with E-state index in [1.54, 1.807) is 6.92 Å². The van der Waals surface area contributed by atoms with Gasteiger partial charge in [0.2, 0.25) is 5.95 Å². The molecule has 0 aromatic carbocycles. The van der Waals surface area contributed by atoms with Crippen LogP contribution in [0.1, 0.15) is 17.3 Å². The van der Waals surface area contributed by atoms with Crippen LogP contribution < -0.4 is 4.90 Å². The van der Waals surface area contributed by atoms with Crippen molar-refractivity contribution in [3.05, 3.63) is 18.0 Å². The Morgan fingerprint density at radius 3 is 2.65 bits per heavy atom. The first kappa shape index (κ1) is 12.2. The minimum absolute atomic E-state index is 0.365. The summed E-state index contributed by atoms with van der Waals surface area (Å²) in [6, 6.07) is 0. The lowest BCUT2D eigenvalue weighted by atomic mass is 10.3. The number of rotatable bonds is 3. The van der Waals surface area contributed by atoms with Crippen LogP contribution in [0.2, 0.25) is 0 Å². The molecule has 0 atom stereocenters. The molecule has 0 aliphatic carbocycles. The predicted molar refractivity (Wildman–Crippen MR) is 67.5 cm³/mol. The van der Waals surface area contributed by atoms with Gasteiger partial charge in [-0.05, 0) is 6.92 Å². The van der Waals surface area contributed by atoms with Crippen LogP contribution in [0.3, 0.4) is 0 Å². The molecule has 5 nitrogen and oxygen atoms in total. The molecular formula is C11H15N3O2S. The van der Waals surface area contributed by atoms with Gasteiger partial charge in [0.05, 0.1) is 12.2 Å². The van der Waals surface area contributed by atoms with E-state index >= 15 is 0 Å². The quantitative estimate of drug-likeness (QED) is 0.755. The topological polar surface area (TPSA) is 55.3 Å². The zero-order valence-electron chi connectivity index (χ0n) is 9.76. The Kier molecular flexibility index (Phi) is 4.19. The molecule has 1 aliphatic rings. The molecule has 92 valence electrons. The second kappa shape index (κ2) is 5.86. The average molecular weight is 253 g/mol. The molecule has 1 fully saturated rings. The number of carbonyl (C=O) groups excluding carboxylic acids is 1. The van der Waals surface area contributed by atoms with Crippen molar-refractivity contribution in [2.45, 2.75) is 6.92 Å². The second-order valence-corrected chi connectivity index (χ2v) is 4.82. The van der Waals surface area contributed by atoms with Crippen LogP contribution in [0.5, 0.6) is 0 Å². The zero-order chi connectivity index (χ0) is 12.1. The van der Waals surface area contributed by atoms with Gasteiger partial charge in [0.25, 0.3) is 0 Å². The fraction of sp³-hybridized carbons (Fsp3) is 0.545. The second-order valence-electron chi connectivity index (χ2n) is 3.59. The van der Waals surface area contributed by atoms with Crippen molar-refractivity contribution < 1.29 is 9.53 Å². The van der Waals surface area contributed by atoms with Gasteiger partial charge in [-0.25, -0.2) is 14.8 Å². The van der Waals surface area contributed by atoms with Gasteiger partial charge in [-0.1, -0.05) is 0 Å². The van der Waals surface area contributed by atoms with Gasteiger partial charge >= 0.3 is 5.97 Å². The molecule has 6 heteroatoms. The molecule has 1 aromatic heterocycles. The number of anilines is 1. The van der Waals surface area contributed by atoms with Crippen LogP contribution in [-0.2, 0) is 4.74 Å². The lowest BCUT2D eigenvalue weighted by molar-refractivity contribution is 0.0525. The maximum atomic E-state index is 11.4. The molecule has 2 heterocycles. The Hall–Kier alpha value is -1.30. The highest BCUT2D eigenvalue weighted by molar-refractivity contribution is 7.99. The predicted octanol–water partition coefficient (Wildman–Crippen LogP) is 1.21. The average Bonchev–Trinajstić information content (AvgIpc) is 2.40. The molecule has 1 aliphatic heterocycles. The van der Waals surface area contributed by atoms with Crippen LogP contribution >= 0.6 is 11.8 Å². The van der Waals surface area contributed by atoms with Crippen molar-refractivity contribution in [2.75, 3.05) is 36.1 Å². The monoisotopic (exact) mass is 253 g/mol. The molecule has 2 rings (SSSR count). The van der Waals surface area contributed by atoms with E-state index in [-0.39, 0.29) is 5.97 Å². The molecule has 1 saturated heterocycles. The van der Waals surface area contributed by atoms with E-state index in [2.05, 4.69) is 14.9 Å². The van der Waals surface area contributed by atoms with Crippen molar-refractivity contribution >= 4 is 23.7 Å². The first-order chi connectivity index (χ1) is 8.31. The third kappa shape index (κ3) is 3.09. The smallest absolute Gasteiger partial charge is 0.341 e. The molecule has 0 spiro atoms. The van der Waals surface area contributed by atoms with Crippen molar-refractivity contribution in [2.24, 2.45) is 0 Å². The van der Waals surface area contributed by atoms with Crippen molar-refractivity contribution in [1.29, 1.82) is 0 Å². The lowest BCUT2D eigenvalue weighted by Gasteiger charge is -2.26. The third-order valence-corrected chi connectivity index (χ3v) is 3.39. The van der Waals surface area contributed by atoms with E-state index in [1.165, 1.54) is 12.4 Å². The molecule has 0 amide bonds. The number of aromatic nitrogens is 2. The number of ether oxygens (including phenoxy) is 1. The molecule has 0 unspecified atom stereocenters. The van der Waals surface area contributed by atoms with Gasteiger partial charge in [0, 0.05) is 37.0 Å². The first-order valence-corrected chi connectivity index (χ1v) is 6.78. The van der Waals surface area contributed by atoms with Gasteiger partial charge in [0.1, 0.15) is 0 Å². The Labute approximate surface area is 105 Å². The highest BCUT2D eigenvalue weighted by Gasteiger charge is 2.14. The number of thioether (sulfide) groups is 1. The Morgan fingerprint density at radius 2 is 2.06 bits per heavy atom. The van der Waals surface area contributed by atoms with Crippen LogP contribution in [0, 0.1) is 0 Å². The summed E-state index contributed by atoms with van der Waals surface area (Å²) in [6.45, 7) is 4.06. The molecule has 1 aromatic rings. The Bertz CT molecular complexity index is 377. The summed E-state index contributed by atoms with van der Waals surface area (Å²) in [4.78, 5) is 22.0. The largest absolute Gasteiger partial charge is 0.462 e. The minimum atomic E-state index is -0.367. The van der Waals surface area contributed by atoms with Gasteiger partial charge in [0.15, 0.2) is 0 Å². The normalized spacial score (nSPS) is 15.7. The molecule has 0 bridgehead atoms. The SMILES string of the molecule is CCOC(=O)c1cnc(N2CCSCC2)nc1.